The minimum Gasteiger partial charge on any atom is -0.329 e. The summed E-state index contributed by atoms with van der Waals surface area (Å²) in [6.07, 6.45) is 0.626. The number of imidazole rings is 2. The third-order valence-corrected chi connectivity index (χ3v) is 6.06. The molecular weight excluding hydrogens is 430 g/mol. The molecule has 3 heterocycles. The number of para-hydroxylation sites is 4. The average Bonchev–Trinajstić information content (AvgIpc) is 3.45. The highest BCUT2D eigenvalue weighted by Gasteiger charge is 2.19. The summed E-state index contributed by atoms with van der Waals surface area (Å²) in [5.41, 5.74) is 3.80. The van der Waals surface area contributed by atoms with Crippen molar-refractivity contribution >= 4 is 22.1 Å². The Morgan fingerprint density at radius 3 is 2.21 bits per heavy atom. The van der Waals surface area contributed by atoms with Crippen molar-refractivity contribution in [3.63, 3.8) is 0 Å². The second-order valence-electron chi connectivity index (χ2n) is 9.64. The maximum Gasteiger partial charge on any atom is 0.329 e. The van der Waals surface area contributed by atoms with Gasteiger partial charge >= 0.3 is 5.69 Å². The molecule has 10 heteroatoms. The summed E-state index contributed by atoms with van der Waals surface area (Å²) in [4.78, 5) is 19.9. The zero-order valence-corrected chi connectivity index (χ0v) is 20.1. The van der Waals surface area contributed by atoms with E-state index < -0.39 is 0 Å². The molecule has 2 aromatic carbocycles. The topological polar surface area (TPSA) is 88.4 Å². The number of hydrogen-bond acceptors (Lipinski definition) is 5. The quantitative estimate of drug-likeness (QED) is 0.329. The Morgan fingerprint density at radius 2 is 1.53 bits per heavy atom. The summed E-state index contributed by atoms with van der Waals surface area (Å²) in [7, 11) is 8.17. The van der Waals surface area contributed by atoms with Gasteiger partial charge in [0.15, 0.2) is 5.82 Å². The minimum absolute atomic E-state index is 0.0103. The fourth-order valence-electron chi connectivity index (χ4n) is 4.31. The van der Waals surface area contributed by atoms with Gasteiger partial charge in [0.2, 0.25) is 0 Å². The number of likely N-dealkylation sites (N-methyl/N-ethyl adjacent to an activating group) is 1. The lowest BCUT2D eigenvalue weighted by Gasteiger charge is -2.23. The monoisotopic (exact) mass is 460 g/mol. The van der Waals surface area contributed by atoms with Gasteiger partial charge in [-0.05, 0) is 29.5 Å². The van der Waals surface area contributed by atoms with Gasteiger partial charge in [0.05, 0.1) is 69.9 Å². The van der Waals surface area contributed by atoms with Gasteiger partial charge in [-0.15, -0.1) is 10.2 Å². The second-order valence-corrected chi connectivity index (χ2v) is 9.64. The van der Waals surface area contributed by atoms with E-state index in [1.54, 1.807) is 7.05 Å². The zero-order chi connectivity index (χ0) is 23.9. The van der Waals surface area contributed by atoms with Gasteiger partial charge in [-0.3, -0.25) is 9.13 Å². The van der Waals surface area contributed by atoms with E-state index in [1.165, 1.54) is 4.80 Å². The molecule has 5 aromatic rings. The van der Waals surface area contributed by atoms with E-state index in [-0.39, 0.29) is 5.69 Å². The second kappa shape index (κ2) is 8.53. The van der Waals surface area contributed by atoms with Crippen LogP contribution in [0.5, 0.6) is 0 Å². The minimum atomic E-state index is -0.0103. The Kier molecular flexibility index (Phi) is 5.52. The Bertz CT molecular complexity index is 1510. The van der Waals surface area contributed by atoms with Crippen LogP contribution in [0.3, 0.4) is 0 Å². The standard InChI is InChI=1S/C24H30N9O/c1-29-27-22(26-28-29)13-14-30-19-10-6-5-9-18(19)25-23(30)17-32-21-12-8-7-11-20(21)31(24(32)34)15-16-33(2,3)4/h5-12H,13-17H2,1-4H3/q+1. The predicted molar refractivity (Wildman–Crippen MR) is 130 cm³/mol. The van der Waals surface area contributed by atoms with Crippen molar-refractivity contribution in [2.45, 2.75) is 26.1 Å². The molecule has 0 aliphatic rings. The number of tetrazole rings is 1. The average molecular weight is 461 g/mol. The van der Waals surface area contributed by atoms with Crippen molar-refractivity contribution in [1.82, 2.24) is 38.9 Å². The number of hydrogen-bond donors (Lipinski definition) is 0. The van der Waals surface area contributed by atoms with Crippen molar-refractivity contribution in [2.24, 2.45) is 7.05 Å². The van der Waals surface area contributed by atoms with Crippen molar-refractivity contribution in [3.8, 4) is 0 Å². The fourth-order valence-corrected chi connectivity index (χ4v) is 4.31. The lowest BCUT2D eigenvalue weighted by Crippen LogP contribution is -2.39. The van der Waals surface area contributed by atoms with Crippen molar-refractivity contribution in [3.05, 3.63) is 70.7 Å². The first-order valence-corrected chi connectivity index (χ1v) is 11.5. The summed E-state index contributed by atoms with van der Waals surface area (Å²) < 4.78 is 6.67. The molecule has 0 saturated carbocycles. The zero-order valence-electron chi connectivity index (χ0n) is 20.1. The number of benzene rings is 2. The Morgan fingerprint density at radius 1 is 0.853 bits per heavy atom. The van der Waals surface area contributed by atoms with Crippen molar-refractivity contribution < 1.29 is 4.48 Å². The number of quaternary nitrogens is 1. The Balaban J connectivity index is 1.55. The molecule has 0 unspecified atom stereocenters. The van der Waals surface area contributed by atoms with Crippen LogP contribution < -0.4 is 5.69 Å². The third kappa shape index (κ3) is 4.24. The van der Waals surface area contributed by atoms with E-state index in [0.29, 0.717) is 31.9 Å². The van der Waals surface area contributed by atoms with Crippen LogP contribution in [0, 0.1) is 0 Å². The van der Waals surface area contributed by atoms with Gasteiger partial charge in [-0.25, -0.2) is 9.78 Å². The van der Waals surface area contributed by atoms with E-state index in [9.17, 15) is 4.79 Å². The molecule has 10 nitrogen and oxygen atoms in total. The SMILES string of the molecule is Cn1nnc(CCn2c(Cn3c(=O)n(CC[N+](C)(C)C)c4ccccc43)nc3ccccc32)n1. The van der Waals surface area contributed by atoms with Crippen LogP contribution in [0.2, 0.25) is 0 Å². The molecule has 176 valence electrons. The van der Waals surface area contributed by atoms with Crippen LogP contribution in [0.25, 0.3) is 22.1 Å². The maximum atomic E-state index is 13.6. The highest BCUT2D eigenvalue weighted by molar-refractivity contribution is 5.77. The Labute approximate surface area is 197 Å². The molecule has 0 saturated heterocycles. The van der Waals surface area contributed by atoms with Gasteiger partial charge in [-0.2, -0.15) is 4.80 Å². The first-order valence-electron chi connectivity index (χ1n) is 11.5. The molecule has 0 N–H and O–H groups in total. The van der Waals surface area contributed by atoms with Crippen LogP contribution in [0.4, 0.5) is 0 Å². The molecule has 0 fully saturated rings. The Hall–Kier alpha value is -3.79. The number of fused-ring (bicyclic) bond motifs is 2. The first-order chi connectivity index (χ1) is 16.3. The molecule has 0 bridgehead atoms. The van der Waals surface area contributed by atoms with Crippen LogP contribution in [-0.2, 0) is 33.1 Å². The number of nitrogens with zero attached hydrogens (tertiary/aromatic N) is 9. The molecule has 0 radical (unpaired) electrons. The van der Waals surface area contributed by atoms with Crippen molar-refractivity contribution in [2.75, 3.05) is 27.7 Å². The summed E-state index contributed by atoms with van der Waals surface area (Å²) in [5.74, 6) is 1.52. The lowest BCUT2D eigenvalue weighted by molar-refractivity contribution is -0.871. The normalized spacial score (nSPS) is 12.2. The largest absolute Gasteiger partial charge is 0.329 e. The van der Waals surface area contributed by atoms with E-state index in [2.05, 4.69) is 47.2 Å². The molecule has 0 atom stereocenters. The van der Waals surface area contributed by atoms with Gasteiger partial charge in [-0.1, -0.05) is 24.3 Å². The number of aryl methyl sites for hydroxylation is 3. The maximum absolute atomic E-state index is 13.6. The highest BCUT2D eigenvalue weighted by Crippen LogP contribution is 2.20. The van der Waals surface area contributed by atoms with Crippen molar-refractivity contribution in [1.29, 1.82) is 0 Å². The smallest absolute Gasteiger partial charge is 0.329 e. The number of rotatable bonds is 8. The van der Waals surface area contributed by atoms with E-state index in [4.69, 9.17) is 4.98 Å². The van der Waals surface area contributed by atoms with Gasteiger partial charge in [0.1, 0.15) is 5.82 Å². The predicted octanol–water partition coefficient (Wildman–Crippen LogP) is 1.67. The van der Waals surface area contributed by atoms with Gasteiger partial charge in [0, 0.05) is 13.0 Å². The van der Waals surface area contributed by atoms with Crippen LogP contribution in [-0.4, -0.2) is 71.1 Å². The molecule has 0 aliphatic carbocycles. The molecule has 0 spiro atoms. The lowest BCUT2D eigenvalue weighted by atomic mass is 10.3. The molecule has 0 amide bonds. The molecular formula is C24H30N9O+. The third-order valence-electron chi connectivity index (χ3n) is 6.06. The van der Waals surface area contributed by atoms with Crippen LogP contribution >= 0.6 is 0 Å². The summed E-state index contributed by atoms with van der Waals surface area (Å²) >= 11 is 0. The van der Waals surface area contributed by atoms with Gasteiger partial charge < -0.3 is 9.05 Å². The van der Waals surface area contributed by atoms with E-state index >= 15 is 0 Å². The summed E-state index contributed by atoms with van der Waals surface area (Å²) in [5, 5.41) is 12.4. The highest BCUT2D eigenvalue weighted by atomic mass is 16.1. The van der Waals surface area contributed by atoms with Crippen LogP contribution in [0.1, 0.15) is 11.6 Å². The summed E-state index contributed by atoms with van der Waals surface area (Å²) in [6.45, 7) is 2.55. The molecule has 3 aromatic heterocycles. The summed E-state index contributed by atoms with van der Waals surface area (Å²) in [6, 6.07) is 16.0. The molecule has 5 rings (SSSR count). The van der Waals surface area contributed by atoms with E-state index in [1.807, 2.05) is 51.6 Å². The first kappa shape index (κ1) is 22.0. The van der Waals surface area contributed by atoms with E-state index in [0.717, 1.165) is 38.9 Å². The molecule has 0 aliphatic heterocycles. The van der Waals surface area contributed by atoms with Gasteiger partial charge in [0.25, 0.3) is 0 Å². The number of aromatic nitrogens is 8. The fraction of sp³-hybridized carbons (Fsp3) is 0.375. The van der Waals surface area contributed by atoms with Crippen LogP contribution in [0.15, 0.2) is 53.3 Å². The molecule has 34 heavy (non-hydrogen) atoms.